The Labute approximate surface area is 153 Å². The van der Waals surface area contributed by atoms with E-state index in [0.29, 0.717) is 23.1 Å². The molecule has 0 aliphatic heterocycles. The number of hydrogen-bond acceptors (Lipinski definition) is 3. The van der Waals surface area contributed by atoms with Crippen LogP contribution in [0.4, 0.5) is 0 Å². The van der Waals surface area contributed by atoms with Gasteiger partial charge in [0.25, 0.3) is 0 Å². The molecule has 1 aliphatic carbocycles. The van der Waals surface area contributed by atoms with Gasteiger partial charge in [0.15, 0.2) is 0 Å². The fourth-order valence-corrected chi connectivity index (χ4v) is 3.04. The first-order valence-corrected chi connectivity index (χ1v) is 8.30. The maximum atomic E-state index is 9.76. The van der Waals surface area contributed by atoms with Gasteiger partial charge in [-0.1, -0.05) is 67.6 Å². The monoisotopic (exact) mass is 333 g/mol. The van der Waals surface area contributed by atoms with Crippen molar-refractivity contribution in [1.29, 1.82) is 15.8 Å². The van der Waals surface area contributed by atoms with Crippen molar-refractivity contribution in [3.63, 3.8) is 0 Å². The molecule has 122 valence electrons. The Morgan fingerprint density at radius 2 is 1.08 bits per heavy atom. The van der Waals surface area contributed by atoms with Crippen molar-refractivity contribution in [2.45, 2.75) is 13.3 Å². The molecule has 1 fully saturated rings. The molecule has 0 spiro atoms. The molecule has 26 heavy (non-hydrogen) atoms. The molecule has 0 saturated heterocycles. The summed E-state index contributed by atoms with van der Waals surface area (Å²) in [6.45, 7) is 1.91. The molecule has 0 unspecified atom stereocenters. The van der Waals surface area contributed by atoms with E-state index in [4.69, 9.17) is 0 Å². The van der Waals surface area contributed by atoms with Crippen LogP contribution in [0.15, 0.2) is 83.0 Å². The van der Waals surface area contributed by atoms with Crippen molar-refractivity contribution in [1.82, 2.24) is 0 Å². The summed E-state index contributed by atoms with van der Waals surface area (Å²) in [7, 11) is 0. The minimum absolute atomic E-state index is 0.500. The molecule has 0 atom stereocenters. The maximum Gasteiger partial charge on any atom is 0.100 e. The Morgan fingerprint density at radius 3 is 1.38 bits per heavy atom. The van der Waals surface area contributed by atoms with Gasteiger partial charge in [-0.2, -0.15) is 15.8 Å². The van der Waals surface area contributed by atoms with Crippen molar-refractivity contribution in [2.75, 3.05) is 0 Å². The first-order valence-electron chi connectivity index (χ1n) is 8.30. The van der Waals surface area contributed by atoms with E-state index < -0.39 is 0 Å². The lowest BCUT2D eigenvalue weighted by Gasteiger charge is -1.97. The minimum atomic E-state index is 0.500. The van der Waals surface area contributed by atoms with Crippen molar-refractivity contribution in [3.8, 4) is 18.2 Å². The molecule has 0 N–H and O–H groups in total. The standard InChI is InChI=1S/C23H15N3/c1-2-16(13-24)21-22(19(14-25)17-9-5-3-6-10-17)23(21)20(15-26)18-11-7-4-8-12-18/h3-12H,2H2,1H3/b21-16-,22-19-,23-20?. The quantitative estimate of drug-likeness (QED) is 0.726. The summed E-state index contributed by atoms with van der Waals surface area (Å²) in [4.78, 5) is 0. The van der Waals surface area contributed by atoms with E-state index >= 15 is 0 Å². The van der Waals surface area contributed by atoms with Crippen LogP contribution in [0, 0.1) is 34.0 Å². The van der Waals surface area contributed by atoms with E-state index in [0.717, 1.165) is 27.8 Å². The molecular weight excluding hydrogens is 318 g/mol. The number of hydrogen-bond donors (Lipinski definition) is 0. The average Bonchev–Trinajstić information content (AvgIpc) is 3.40. The largest absolute Gasteiger partial charge is 0.193 e. The van der Waals surface area contributed by atoms with Gasteiger partial charge in [-0.15, -0.1) is 0 Å². The van der Waals surface area contributed by atoms with Crippen molar-refractivity contribution in [2.24, 2.45) is 0 Å². The van der Waals surface area contributed by atoms with E-state index in [-0.39, 0.29) is 0 Å². The lowest BCUT2D eigenvalue weighted by Crippen LogP contribution is -1.82. The first kappa shape index (κ1) is 17.0. The molecule has 0 amide bonds. The fraction of sp³-hybridized carbons (Fsp3) is 0.0870. The Kier molecular flexibility index (Phi) is 4.80. The average molecular weight is 333 g/mol. The smallest absolute Gasteiger partial charge is 0.100 e. The summed E-state index contributed by atoms with van der Waals surface area (Å²) in [6.07, 6.45) is 0.555. The Bertz CT molecular complexity index is 989. The van der Waals surface area contributed by atoms with Crippen LogP contribution in [0.2, 0.25) is 0 Å². The van der Waals surface area contributed by atoms with E-state index in [1.165, 1.54) is 0 Å². The van der Waals surface area contributed by atoms with Crippen LogP contribution in [0.5, 0.6) is 0 Å². The summed E-state index contributed by atoms with van der Waals surface area (Å²) in [6, 6.07) is 25.5. The van der Waals surface area contributed by atoms with Crippen LogP contribution in [0.25, 0.3) is 11.1 Å². The SMILES string of the molecule is CC/C(C#N)=C1/C(=C(C#N)c2ccccc2)/C1=C(/C#N)c1ccccc1. The van der Waals surface area contributed by atoms with Crippen molar-refractivity contribution >= 4 is 11.1 Å². The third-order valence-electron chi connectivity index (χ3n) is 4.33. The van der Waals surface area contributed by atoms with Gasteiger partial charge in [0.1, 0.15) is 12.1 Å². The number of benzene rings is 2. The summed E-state index contributed by atoms with van der Waals surface area (Å²) in [5.41, 5.74) is 5.36. The Morgan fingerprint density at radius 1 is 0.654 bits per heavy atom. The molecule has 0 radical (unpaired) electrons. The maximum absolute atomic E-state index is 9.76. The second-order valence-corrected chi connectivity index (χ2v) is 5.77. The van der Waals surface area contributed by atoms with Gasteiger partial charge in [0.05, 0.1) is 17.2 Å². The van der Waals surface area contributed by atoms with E-state index in [1.807, 2.05) is 67.6 Å². The van der Waals surface area contributed by atoms with Gasteiger partial charge in [0.2, 0.25) is 0 Å². The Hall–Kier alpha value is -3.87. The molecule has 0 heterocycles. The molecule has 1 saturated carbocycles. The lowest BCUT2D eigenvalue weighted by molar-refractivity contribution is 1.15. The fourth-order valence-electron chi connectivity index (χ4n) is 3.04. The predicted octanol–water partition coefficient (Wildman–Crippen LogP) is 5.18. The molecule has 2 aromatic carbocycles. The second kappa shape index (κ2) is 7.35. The summed E-state index contributed by atoms with van der Waals surface area (Å²) in [5, 5.41) is 29.0. The van der Waals surface area contributed by atoms with Gasteiger partial charge in [-0.05, 0) is 17.5 Å². The predicted molar refractivity (Wildman–Crippen MR) is 101 cm³/mol. The molecule has 3 nitrogen and oxygen atoms in total. The number of allylic oxidation sites excluding steroid dienone is 6. The van der Waals surface area contributed by atoms with Crippen LogP contribution in [0.3, 0.4) is 0 Å². The second-order valence-electron chi connectivity index (χ2n) is 5.77. The minimum Gasteiger partial charge on any atom is -0.193 e. The van der Waals surface area contributed by atoms with E-state index in [1.54, 1.807) is 0 Å². The highest BCUT2D eigenvalue weighted by Gasteiger charge is 2.40. The third kappa shape index (κ3) is 2.93. The lowest BCUT2D eigenvalue weighted by atomic mass is 10.0. The zero-order valence-electron chi connectivity index (χ0n) is 14.3. The van der Waals surface area contributed by atoms with Crippen LogP contribution < -0.4 is 0 Å². The molecule has 2 aromatic rings. The molecule has 3 rings (SSSR count). The zero-order chi connectivity index (χ0) is 18.5. The highest BCUT2D eigenvalue weighted by Crippen LogP contribution is 2.54. The molecule has 0 bridgehead atoms. The summed E-state index contributed by atoms with van der Waals surface area (Å²) in [5.74, 6) is 0. The van der Waals surface area contributed by atoms with Gasteiger partial charge in [-0.25, -0.2) is 0 Å². The van der Waals surface area contributed by atoms with Gasteiger partial charge in [0, 0.05) is 22.3 Å². The van der Waals surface area contributed by atoms with Gasteiger partial charge in [-0.3, -0.25) is 0 Å². The molecule has 1 aliphatic rings. The third-order valence-corrected chi connectivity index (χ3v) is 4.33. The zero-order valence-corrected chi connectivity index (χ0v) is 14.3. The van der Waals surface area contributed by atoms with Crippen molar-refractivity contribution in [3.05, 3.63) is 94.1 Å². The number of nitrogens with zero attached hydrogens (tertiary/aromatic N) is 3. The van der Waals surface area contributed by atoms with Gasteiger partial charge < -0.3 is 0 Å². The first-order chi connectivity index (χ1) is 12.8. The Balaban J connectivity index is 2.35. The van der Waals surface area contributed by atoms with Crippen LogP contribution in [-0.4, -0.2) is 0 Å². The van der Waals surface area contributed by atoms with Crippen molar-refractivity contribution < 1.29 is 0 Å². The topological polar surface area (TPSA) is 71.4 Å². The summed E-state index contributed by atoms with van der Waals surface area (Å²) < 4.78 is 0. The molecule has 0 aromatic heterocycles. The van der Waals surface area contributed by atoms with Crippen LogP contribution in [-0.2, 0) is 0 Å². The van der Waals surface area contributed by atoms with Gasteiger partial charge >= 0.3 is 0 Å². The molecular formula is C23H15N3. The highest BCUT2D eigenvalue weighted by atomic mass is 14.4. The number of rotatable bonds is 3. The van der Waals surface area contributed by atoms with E-state index in [9.17, 15) is 15.8 Å². The highest BCUT2D eigenvalue weighted by molar-refractivity contribution is 6.06. The summed E-state index contributed by atoms with van der Waals surface area (Å²) >= 11 is 0. The molecule has 3 heteroatoms. The number of nitriles is 3. The normalized spacial score (nSPS) is 18.1. The van der Waals surface area contributed by atoms with Crippen LogP contribution in [0.1, 0.15) is 24.5 Å². The van der Waals surface area contributed by atoms with Crippen LogP contribution >= 0.6 is 0 Å². The van der Waals surface area contributed by atoms with E-state index in [2.05, 4.69) is 18.2 Å².